The highest BCUT2D eigenvalue weighted by Gasteiger charge is 2.46. The van der Waals surface area contributed by atoms with Crippen molar-refractivity contribution in [1.82, 2.24) is 4.90 Å². The third kappa shape index (κ3) is 5.17. The van der Waals surface area contributed by atoms with Gasteiger partial charge in [-0.1, -0.05) is 60.7 Å². The van der Waals surface area contributed by atoms with Crippen molar-refractivity contribution in [2.45, 2.75) is 51.2 Å². The smallest absolute Gasteiger partial charge is 0.410 e. The van der Waals surface area contributed by atoms with Gasteiger partial charge in [0.25, 0.3) is 0 Å². The van der Waals surface area contributed by atoms with E-state index in [9.17, 15) is 9.59 Å². The molecule has 2 aromatic carbocycles. The summed E-state index contributed by atoms with van der Waals surface area (Å²) in [4.78, 5) is 27.3. The van der Waals surface area contributed by atoms with E-state index < -0.39 is 11.0 Å². The minimum absolute atomic E-state index is 0.228. The highest BCUT2D eigenvalue weighted by atomic mass is 16.6. The average molecular weight is 395 g/mol. The molecule has 0 aliphatic carbocycles. The Morgan fingerprint density at radius 2 is 1.48 bits per heavy atom. The maximum Gasteiger partial charge on any atom is 0.410 e. The van der Waals surface area contributed by atoms with Crippen LogP contribution in [0.2, 0.25) is 0 Å². The molecule has 0 unspecified atom stereocenters. The summed E-state index contributed by atoms with van der Waals surface area (Å²) in [6.07, 6.45) is 0.665. The minimum atomic E-state index is -0.745. The first-order valence-corrected chi connectivity index (χ1v) is 10.0. The van der Waals surface area contributed by atoms with E-state index in [-0.39, 0.29) is 18.7 Å². The summed E-state index contributed by atoms with van der Waals surface area (Å²) in [5.74, 6) is -0.228. The SMILES string of the molecule is CC(C)(C)OC(=O)C1(c2ccccc2)CCN(C(=O)OCc2ccccc2)CC1. The van der Waals surface area contributed by atoms with Crippen LogP contribution in [-0.2, 0) is 26.3 Å². The Morgan fingerprint density at radius 3 is 2.03 bits per heavy atom. The number of ether oxygens (including phenoxy) is 2. The van der Waals surface area contributed by atoms with Gasteiger partial charge in [0, 0.05) is 13.1 Å². The van der Waals surface area contributed by atoms with E-state index in [1.165, 1.54) is 0 Å². The molecule has 3 rings (SSSR count). The van der Waals surface area contributed by atoms with Crippen molar-refractivity contribution < 1.29 is 19.1 Å². The summed E-state index contributed by atoms with van der Waals surface area (Å²) in [5, 5.41) is 0. The van der Waals surface area contributed by atoms with Crippen LogP contribution in [0.15, 0.2) is 60.7 Å². The number of carbonyl (C=O) groups excluding carboxylic acids is 2. The van der Waals surface area contributed by atoms with Crippen molar-refractivity contribution in [3.05, 3.63) is 71.8 Å². The fourth-order valence-electron chi connectivity index (χ4n) is 3.63. The average Bonchev–Trinajstić information content (AvgIpc) is 2.72. The van der Waals surface area contributed by atoms with Crippen LogP contribution in [0.1, 0.15) is 44.7 Å². The fourth-order valence-corrected chi connectivity index (χ4v) is 3.63. The molecule has 1 fully saturated rings. The zero-order valence-electron chi connectivity index (χ0n) is 17.4. The Labute approximate surface area is 172 Å². The van der Waals surface area contributed by atoms with Gasteiger partial charge in [0.2, 0.25) is 0 Å². The lowest BCUT2D eigenvalue weighted by Gasteiger charge is -2.41. The summed E-state index contributed by atoms with van der Waals surface area (Å²) < 4.78 is 11.2. The zero-order chi connectivity index (χ0) is 20.9. The number of hydrogen-bond acceptors (Lipinski definition) is 4. The van der Waals surface area contributed by atoms with Gasteiger partial charge in [-0.15, -0.1) is 0 Å². The summed E-state index contributed by atoms with van der Waals surface area (Å²) in [5.41, 5.74) is 0.576. The molecule has 1 amide bonds. The number of esters is 1. The summed E-state index contributed by atoms with van der Waals surface area (Å²) in [6.45, 7) is 6.76. The van der Waals surface area contributed by atoms with Crippen molar-refractivity contribution in [2.75, 3.05) is 13.1 Å². The molecule has 5 heteroatoms. The van der Waals surface area contributed by atoms with Crippen LogP contribution < -0.4 is 0 Å². The molecule has 2 aromatic rings. The van der Waals surface area contributed by atoms with Gasteiger partial charge in [0.15, 0.2) is 0 Å². The van der Waals surface area contributed by atoms with Crippen LogP contribution in [-0.4, -0.2) is 35.7 Å². The molecule has 1 heterocycles. The third-order valence-electron chi connectivity index (χ3n) is 5.20. The summed E-state index contributed by atoms with van der Waals surface area (Å²) >= 11 is 0. The molecule has 0 aromatic heterocycles. The Balaban J connectivity index is 1.69. The van der Waals surface area contributed by atoms with Gasteiger partial charge in [-0.3, -0.25) is 4.79 Å². The second-order valence-corrected chi connectivity index (χ2v) is 8.48. The quantitative estimate of drug-likeness (QED) is 0.704. The molecular weight excluding hydrogens is 366 g/mol. The first-order chi connectivity index (χ1) is 13.8. The number of likely N-dealkylation sites (tertiary alicyclic amines) is 1. The molecular formula is C24H29NO4. The van der Waals surface area contributed by atoms with Gasteiger partial charge in [-0.2, -0.15) is 0 Å². The lowest BCUT2D eigenvalue weighted by molar-refractivity contribution is -0.164. The molecule has 154 valence electrons. The van der Waals surface area contributed by atoms with Gasteiger partial charge in [-0.25, -0.2) is 4.79 Å². The van der Waals surface area contributed by atoms with Crippen molar-refractivity contribution in [3.63, 3.8) is 0 Å². The Hall–Kier alpha value is -2.82. The highest BCUT2D eigenvalue weighted by molar-refractivity contribution is 5.84. The maximum atomic E-state index is 13.2. The fraction of sp³-hybridized carbons (Fsp3) is 0.417. The third-order valence-corrected chi connectivity index (χ3v) is 5.20. The second kappa shape index (κ2) is 8.68. The molecule has 0 bridgehead atoms. The van der Waals surface area contributed by atoms with Gasteiger partial charge in [0.05, 0.1) is 5.41 Å². The van der Waals surface area contributed by atoms with E-state index in [0.29, 0.717) is 25.9 Å². The van der Waals surface area contributed by atoms with Crippen molar-refractivity contribution >= 4 is 12.1 Å². The Bertz CT molecular complexity index is 819. The zero-order valence-corrected chi connectivity index (χ0v) is 17.4. The predicted octanol–water partition coefficient (Wildman–Crippen LogP) is 4.70. The van der Waals surface area contributed by atoms with Crippen molar-refractivity contribution in [1.29, 1.82) is 0 Å². The Kier molecular flexibility index (Phi) is 6.26. The molecule has 5 nitrogen and oxygen atoms in total. The second-order valence-electron chi connectivity index (χ2n) is 8.48. The van der Waals surface area contributed by atoms with Crippen LogP contribution >= 0.6 is 0 Å². The van der Waals surface area contributed by atoms with E-state index in [2.05, 4.69) is 0 Å². The molecule has 0 atom stereocenters. The first kappa shape index (κ1) is 20.9. The van der Waals surface area contributed by atoms with Crippen LogP contribution in [0.4, 0.5) is 4.79 Å². The van der Waals surface area contributed by atoms with Crippen molar-refractivity contribution in [2.24, 2.45) is 0 Å². The molecule has 0 spiro atoms. The largest absolute Gasteiger partial charge is 0.459 e. The monoisotopic (exact) mass is 395 g/mol. The predicted molar refractivity (Wildman–Crippen MR) is 111 cm³/mol. The number of hydrogen-bond donors (Lipinski definition) is 0. The normalized spacial score (nSPS) is 16.2. The number of rotatable bonds is 4. The van der Waals surface area contributed by atoms with E-state index in [1.807, 2.05) is 81.4 Å². The maximum absolute atomic E-state index is 13.2. The number of amides is 1. The number of piperidine rings is 1. The Morgan fingerprint density at radius 1 is 0.931 bits per heavy atom. The molecule has 0 N–H and O–H groups in total. The molecule has 29 heavy (non-hydrogen) atoms. The molecule has 0 radical (unpaired) electrons. The van der Waals surface area contributed by atoms with Crippen molar-refractivity contribution in [3.8, 4) is 0 Å². The van der Waals surface area contributed by atoms with Crippen LogP contribution in [0, 0.1) is 0 Å². The summed E-state index contributed by atoms with van der Waals surface area (Å²) in [7, 11) is 0. The number of nitrogens with zero attached hydrogens (tertiary/aromatic N) is 1. The minimum Gasteiger partial charge on any atom is -0.459 e. The van der Waals surface area contributed by atoms with E-state index in [4.69, 9.17) is 9.47 Å². The molecule has 1 saturated heterocycles. The lowest BCUT2D eigenvalue weighted by Crippen LogP contribution is -2.51. The van der Waals surface area contributed by atoms with E-state index >= 15 is 0 Å². The van der Waals surface area contributed by atoms with E-state index in [1.54, 1.807) is 4.90 Å². The van der Waals surface area contributed by atoms with Gasteiger partial charge < -0.3 is 14.4 Å². The molecule has 0 saturated carbocycles. The molecule has 1 aliphatic rings. The van der Waals surface area contributed by atoms with E-state index in [0.717, 1.165) is 11.1 Å². The number of benzene rings is 2. The topological polar surface area (TPSA) is 55.8 Å². The first-order valence-electron chi connectivity index (χ1n) is 10.0. The van der Waals surface area contributed by atoms with Gasteiger partial charge in [-0.05, 0) is 44.7 Å². The van der Waals surface area contributed by atoms with Gasteiger partial charge in [0.1, 0.15) is 12.2 Å². The highest BCUT2D eigenvalue weighted by Crippen LogP contribution is 2.38. The summed E-state index contributed by atoms with van der Waals surface area (Å²) in [6, 6.07) is 19.3. The number of carbonyl (C=O) groups is 2. The standard InChI is InChI=1S/C24H29NO4/c1-23(2,3)29-21(26)24(20-12-8-5-9-13-20)14-16-25(17-15-24)22(27)28-18-19-10-6-4-7-11-19/h4-13H,14-18H2,1-3H3. The lowest BCUT2D eigenvalue weighted by atomic mass is 9.72. The van der Waals surface area contributed by atoms with Crippen LogP contribution in [0.3, 0.4) is 0 Å². The van der Waals surface area contributed by atoms with Crippen LogP contribution in [0.25, 0.3) is 0 Å². The van der Waals surface area contributed by atoms with Gasteiger partial charge >= 0.3 is 12.1 Å². The van der Waals surface area contributed by atoms with Crippen LogP contribution in [0.5, 0.6) is 0 Å². The molecule has 1 aliphatic heterocycles.